The van der Waals surface area contributed by atoms with Gasteiger partial charge in [-0.15, -0.1) is 0 Å². The molecule has 2 N–H and O–H groups in total. The van der Waals surface area contributed by atoms with Crippen LogP contribution in [0.5, 0.6) is 0 Å². The second-order valence-corrected chi connectivity index (χ2v) is 5.56. The van der Waals surface area contributed by atoms with E-state index in [1.54, 1.807) is 0 Å². The molecule has 0 aromatic carbocycles. The van der Waals surface area contributed by atoms with Crippen molar-refractivity contribution >= 4 is 10.0 Å². The van der Waals surface area contributed by atoms with Crippen molar-refractivity contribution in [2.24, 2.45) is 0 Å². The standard InChI is InChI=1S/C9H15N3O3S/c1-7(8-3-2-6-15-8)12-16(13,14)9-4-5-10-11-9/h4-5,7-8,12H,2-3,6H2,1H3,(H,10,11). The number of sulfonamides is 1. The lowest BCUT2D eigenvalue weighted by Crippen LogP contribution is -2.40. The number of rotatable bonds is 4. The van der Waals surface area contributed by atoms with E-state index in [1.165, 1.54) is 12.3 Å². The molecular weight excluding hydrogens is 230 g/mol. The maximum atomic E-state index is 11.8. The van der Waals surface area contributed by atoms with Gasteiger partial charge < -0.3 is 4.74 Å². The molecule has 7 heteroatoms. The number of aromatic nitrogens is 2. The Hall–Kier alpha value is -0.920. The highest BCUT2D eigenvalue weighted by atomic mass is 32.2. The van der Waals surface area contributed by atoms with Crippen molar-refractivity contribution in [1.82, 2.24) is 14.9 Å². The topological polar surface area (TPSA) is 84.1 Å². The molecule has 2 heterocycles. The van der Waals surface area contributed by atoms with Gasteiger partial charge in [-0.3, -0.25) is 5.10 Å². The first-order chi connectivity index (χ1) is 7.59. The number of aromatic amines is 1. The minimum Gasteiger partial charge on any atom is -0.377 e. The Labute approximate surface area is 94.4 Å². The van der Waals surface area contributed by atoms with Crippen molar-refractivity contribution in [2.75, 3.05) is 6.61 Å². The molecule has 0 radical (unpaired) electrons. The van der Waals surface area contributed by atoms with E-state index in [0.29, 0.717) is 6.61 Å². The van der Waals surface area contributed by atoms with Gasteiger partial charge in [0.2, 0.25) is 0 Å². The molecule has 0 spiro atoms. The van der Waals surface area contributed by atoms with Crippen LogP contribution in [-0.4, -0.2) is 37.4 Å². The quantitative estimate of drug-likeness (QED) is 0.796. The number of hydrogen-bond acceptors (Lipinski definition) is 4. The first kappa shape index (κ1) is 11.6. The maximum absolute atomic E-state index is 11.8. The summed E-state index contributed by atoms with van der Waals surface area (Å²) in [5, 5.41) is 6.13. The lowest BCUT2D eigenvalue weighted by molar-refractivity contribution is 0.0902. The lowest BCUT2D eigenvalue weighted by Gasteiger charge is -2.19. The number of ether oxygens (including phenoxy) is 1. The summed E-state index contributed by atoms with van der Waals surface area (Å²) in [7, 11) is -3.50. The highest BCUT2D eigenvalue weighted by Gasteiger charge is 2.27. The van der Waals surface area contributed by atoms with E-state index < -0.39 is 10.0 Å². The normalized spacial score (nSPS) is 23.4. The number of nitrogens with one attached hydrogen (secondary N) is 2. The largest absolute Gasteiger partial charge is 0.377 e. The fraction of sp³-hybridized carbons (Fsp3) is 0.667. The molecule has 0 saturated carbocycles. The van der Waals surface area contributed by atoms with Gasteiger partial charge >= 0.3 is 0 Å². The van der Waals surface area contributed by atoms with Crippen LogP contribution in [0.1, 0.15) is 19.8 Å². The first-order valence-corrected chi connectivity index (χ1v) is 6.71. The van der Waals surface area contributed by atoms with Crippen molar-refractivity contribution in [3.05, 3.63) is 12.3 Å². The summed E-state index contributed by atoms with van der Waals surface area (Å²) in [4.78, 5) is 0. The molecule has 0 amide bonds. The van der Waals surface area contributed by atoms with E-state index in [0.717, 1.165) is 12.8 Å². The average Bonchev–Trinajstić information content (AvgIpc) is 2.91. The molecule has 1 fully saturated rings. The van der Waals surface area contributed by atoms with Gasteiger partial charge in [0.05, 0.1) is 12.3 Å². The zero-order valence-corrected chi connectivity index (χ0v) is 9.83. The van der Waals surface area contributed by atoms with Gasteiger partial charge in [0.1, 0.15) is 0 Å². The molecule has 2 atom stereocenters. The molecule has 1 aliphatic rings. The molecule has 2 rings (SSSR count). The van der Waals surface area contributed by atoms with E-state index in [4.69, 9.17) is 4.74 Å². The van der Waals surface area contributed by atoms with E-state index in [-0.39, 0.29) is 17.2 Å². The number of nitrogens with zero attached hydrogens (tertiary/aromatic N) is 1. The van der Waals surface area contributed by atoms with Gasteiger partial charge in [-0.25, -0.2) is 13.1 Å². The average molecular weight is 245 g/mol. The van der Waals surface area contributed by atoms with Crippen LogP contribution < -0.4 is 4.72 Å². The van der Waals surface area contributed by atoms with E-state index in [2.05, 4.69) is 14.9 Å². The Morgan fingerprint density at radius 3 is 3.06 bits per heavy atom. The predicted octanol–water partition coefficient (Wildman–Crippen LogP) is 0.255. The van der Waals surface area contributed by atoms with Gasteiger partial charge in [0.15, 0.2) is 5.03 Å². The fourth-order valence-corrected chi connectivity index (χ4v) is 2.95. The second-order valence-electron chi connectivity index (χ2n) is 3.88. The minimum absolute atomic E-state index is 0.0299. The van der Waals surface area contributed by atoms with Crippen molar-refractivity contribution in [2.45, 2.75) is 36.9 Å². The summed E-state index contributed by atoms with van der Waals surface area (Å²) in [5.74, 6) is 0. The Bertz CT molecular complexity index is 423. The monoisotopic (exact) mass is 245 g/mol. The smallest absolute Gasteiger partial charge is 0.257 e. The van der Waals surface area contributed by atoms with Crippen LogP contribution in [0.2, 0.25) is 0 Å². The second kappa shape index (κ2) is 4.52. The van der Waals surface area contributed by atoms with Crippen LogP contribution >= 0.6 is 0 Å². The molecule has 6 nitrogen and oxygen atoms in total. The zero-order chi connectivity index (χ0) is 11.6. The minimum atomic E-state index is -3.50. The Morgan fingerprint density at radius 2 is 2.50 bits per heavy atom. The van der Waals surface area contributed by atoms with Crippen molar-refractivity contribution in [1.29, 1.82) is 0 Å². The van der Waals surface area contributed by atoms with Gasteiger partial charge in [0, 0.05) is 12.6 Å². The van der Waals surface area contributed by atoms with Crippen molar-refractivity contribution in [3.63, 3.8) is 0 Å². The predicted molar refractivity (Wildman–Crippen MR) is 57.3 cm³/mol. The molecule has 0 bridgehead atoms. The third-order valence-corrected chi connectivity index (χ3v) is 4.12. The molecule has 2 unspecified atom stereocenters. The van der Waals surface area contributed by atoms with Crippen LogP contribution in [0.15, 0.2) is 17.3 Å². The molecule has 16 heavy (non-hydrogen) atoms. The van der Waals surface area contributed by atoms with Crippen LogP contribution in [-0.2, 0) is 14.8 Å². The highest BCUT2D eigenvalue weighted by Crippen LogP contribution is 2.16. The molecule has 1 aliphatic heterocycles. The summed E-state index contributed by atoms with van der Waals surface area (Å²) in [6, 6.07) is 1.20. The van der Waals surface area contributed by atoms with E-state index in [9.17, 15) is 8.42 Å². The van der Waals surface area contributed by atoms with Gasteiger partial charge in [-0.1, -0.05) is 0 Å². The van der Waals surface area contributed by atoms with Gasteiger partial charge in [-0.05, 0) is 25.8 Å². The Kier molecular flexibility index (Phi) is 3.27. The fourth-order valence-electron chi connectivity index (χ4n) is 1.77. The van der Waals surface area contributed by atoms with Crippen molar-refractivity contribution < 1.29 is 13.2 Å². The van der Waals surface area contributed by atoms with Crippen LogP contribution in [0.4, 0.5) is 0 Å². The molecule has 1 saturated heterocycles. The number of H-pyrrole nitrogens is 1. The highest BCUT2D eigenvalue weighted by molar-refractivity contribution is 7.89. The summed E-state index contributed by atoms with van der Waals surface area (Å²) in [6.45, 7) is 2.52. The lowest BCUT2D eigenvalue weighted by atomic mass is 10.1. The summed E-state index contributed by atoms with van der Waals surface area (Å²) >= 11 is 0. The van der Waals surface area contributed by atoms with E-state index >= 15 is 0 Å². The SMILES string of the molecule is CC(NS(=O)(=O)c1ccn[nH]1)C1CCCO1. The van der Waals surface area contributed by atoms with Crippen LogP contribution in [0, 0.1) is 0 Å². The third kappa shape index (κ3) is 2.42. The molecule has 1 aromatic heterocycles. The van der Waals surface area contributed by atoms with Crippen molar-refractivity contribution in [3.8, 4) is 0 Å². The Balaban J connectivity index is 2.03. The summed E-state index contributed by atoms with van der Waals surface area (Å²) in [6.07, 6.45) is 3.26. The van der Waals surface area contributed by atoms with Crippen LogP contribution in [0.3, 0.4) is 0 Å². The van der Waals surface area contributed by atoms with Crippen LogP contribution in [0.25, 0.3) is 0 Å². The molecule has 1 aromatic rings. The van der Waals surface area contributed by atoms with E-state index in [1.807, 2.05) is 6.92 Å². The summed E-state index contributed by atoms with van der Waals surface area (Å²) < 4.78 is 31.6. The zero-order valence-electron chi connectivity index (χ0n) is 9.01. The molecular formula is C9H15N3O3S. The van der Waals surface area contributed by atoms with Gasteiger partial charge in [0.25, 0.3) is 10.0 Å². The first-order valence-electron chi connectivity index (χ1n) is 5.23. The molecule has 90 valence electrons. The summed E-state index contributed by atoms with van der Waals surface area (Å²) in [5.41, 5.74) is 0. The van der Waals surface area contributed by atoms with Gasteiger partial charge in [-0.2, -0.15) is 5.10 Å². The number of hydrogen-bond donors (Lipinski definition) is 2. The maximum Gasteiger partial charge on any atom is 0.257 e. The third-order valence-electron chi connectivity index (χ3n) is 2.63. The molecule has 0 aliphatic carbocycles. The Morgan fingerprint density at radius 1 is 1.69 bits per heavy atom.